The summed E-state index contributed by atoms with van der Waals surface area (Å²) in [4.78, 5) is 2.55. The third kappa shape index (κ3) is 3.22. The average molecular weight is 229 g/mol. The molecular weight excluding hydrogens is 214 g/mol. The van der Waals surface area contributed by atoms with Gasteiger partial charge < -0.3 is 4.90 Å². The van der Waals surface area contributed by atoms with Crippen molar-refractivity contribution < 1.29 is 0 Å². The van der Waals surface area contributed by atoms with Gasteiger partial charge in [0, 0.05) is 12.3 Å². The van der Waals surface area contributed by atoms with Crippen molar-refractivity contribution in [3.8, 4) is 0 Å². The van der Waals surface area contributed by atoms with Gasteiger partial charge in [-0.15, -0.1) is 10.2 Å². The fourth-order valence-corrected chi connectivity index (χ4v) is 3.23. The monoisotopic (exact) mass is 229 g/mol. The Balaban J connectivity index is 1.62. The Kier molecular flexibility index (Phi) is 4.21. The maximum Gasteiger partial charge on any atom is 0.174 e. The fourth-order valence-electron chi connectivity index (χ4n) is 1.67. The molecule has 0 spiro atoms. The molecule has 0 amide bonds. The molecule has 1 fully saturated rings. The summed E-state index contributed by atoms with van der Waals surface area (Å²) in [5.74, 6) is 1.15. The second kappa shape index (κ2) is 5.68. The summed E-state index contributed by atoms with van der Waals surface area (Å²) in [5, 5.41) is 7.83. The van der Waals surface area contributed by atoms with Crippen molar-refractivity contribution >= 4 is 23.1 Å². The van der Waals surface area contributed by atoms with Crippen LogP contribution in [0.1, 0.15) is 19.3 Å². The molecule has 1 aliphatic rings. The molecular formula is C9H15N3S2. The van der Waals surface area contributed by atoms with Crippen LogP contribution in [-0.2, 0) is 0 Å². The van der Waals surface area contributed by atoms with Crippen LogP contribution in [0.2, 0.25) is 0 Å². The van der Waals surface area contributed by atoms with Gasteiger partial charge >= 0.3 is 0 Å². The van der Waals surface area contributed by atoms with E-state index in [0.717, 1.165) is 10.1 Å². The van der Waals surface area contributed by atoms with Crippen LogP contribution in [0.15, 0.2) is 9.85 Å². The number of thioether (sulfide) groups is 1. The molecule has 3 nitrogen and oxygen atoms in total. The van der Waals surface area contributed by atoms with E-state index in [1.54, 1.807) is 16.8 Å². The quantitative estimate of drug-likeness (QED) is 0.740. The van der Waals surface area contributed by atoms with Gasteiger partial charge in [-0.3, -0.25) is 0 Å². The minimum absolute atomic E-state index is 1.10. The van der Waals surface area contributed by atoms with Gasteiger partial charge in [-0.1, -0.05) is 29.5 Å². The van der Waals surface area contributed by atoms with E-state index in [-0.39, 0.29) is 0 Å². The van der Waals surface area contributed by atoms with Gasteiger partial charge in [0.05, 0.1) is 0 Å². The van der Waals surface area contributed by atoms with Gasteiger partial charge in [0.2, 0.25) is 0 Å². The number of hydrogen-bond acceptors (Lipinski definition) is 5. The minimum atomic E-state index is 1.10. The van der Waals surface area contributed by atoms with Gasteiger partial charge in [0.1, 0.15) is 5.51 Å². The summed E-state index contributed by atoms with van der Waals surface area (Å²) in [6, 6.07) is 0. The molecule has 1 aromatic rings. The molecule has 5 heteroatoms. The second-order valence-corrected chi connectivity index (χ2v) is 5.63. The van der Waals surface area contributed by atoms with Crippen molar-refractivity contribution in [2.75, 3.05) is 25.4 Å². The molecule has 0 radical (unpaired) electrons. The van der Waals surface area contributed by atoms with Crippen molar-refractivity contribution in [2.24, 2.45) is 0 Å². The lowest BCUT2D eigenvalue weighted by Crippen LogP contribution is -2.31. The van der Waals surface area contributed by atoms with E-state index in [0.29, 0.717) is 0 Å². The van der Waals surface area contributed by atoms with Crippen LogP contribution in [0.3, 0.4) is 0 Å². The first-order chi connectivity index (χ1) is 6.95. The van der Waals surface area contributed by atoms with Gasteiger partial charge in [0.15, 0.2) is 4.34 Å². The van der Waals surface area contributed by atoms with Gasteiger partial charge in [0.25, 0.3) is 0 Å². The Bertz CT molecular complexity index is 245. The summed E-state index contributed by atoms with van der Waals surface area (Å²) in [6.07, 6.45) is 4.17. The molecule has 1 aliphatic heterocycles. The Morgan fingerprint density at radius 1 is 1.36 bits per heavy atom. The van der Waals surface area contributed by atoms with E-state index in [1.165, 1.54) is 38.9 Å². The summed E-state index contributed by atoms with van der Waals surface area (Å²) in [6.45, 7) is 3.78. The van der Waals surface area contributed by atoms with Crippen LogP contribution < -0.4 is 0 Å². The molecule has 2 heterocycles. The first-order valence-electron chi connectivity index (χ1n) is 5.06. The topological polar surface area (TPSA) is 29.0 Å². The Labute approximate surface area is 92.9 Å². The SMILES string of the molecule is c1nnc(SCCN2CCCCC2)s1. The van der Waals surface area contributed by atoms with Crippen molar-refractivity contribution in [2.45, 2.75) is 23.6 Å². The average Bonchev–Trinajstić information content (AvgIpc) is 2.72. The zero-order valence-corrected chi connectivity index (χ0v) is 9.82. The third-order valence-electron chi connectivity index (χ3n) is 2.42. The lowest BCUT2D eigenvalue weighted by atomic mass is 10.1. The summed E-state index contributed by atoms with van der Waals surface area (Å²) < 4.78 is 1.10. The molecule has 0 atom stereocenters. The minimum Gasteiger partial charge on any atom is -0.303 e. The van der Waals surface area contributed by atoms with Crippen LogP contribution in [0.25, 0.3) is 0 Å². The van der Waals surface area contributed by atoms with Crippen LogP contribution in [-0.4, -0.2) is 40.5 Å². The van der Waals surface area contributed by atoms with Crippen LogP contribution >= 0.6 is 23.1 Å². The molecule has 0 saturated carbocycles. The molecule has 0 bridgehead atoms. The van der Waals surface area contributed by atoms with Crippen LogP contribution in [0.5, 0.6) is 0 Å². The lowest BCUT2D eigenvalue weighted by molar-refractivity contribution is 0.242. The largest absolute Gasteiger partial charge is 0.303 e. The number of nitrogens with zero attached hydrogens (tertiary/aromatic N) is 3. The van der Waals surface area contributed by atoms with E-state index < -0.39 is 0 Å². The van der Waals surface area contributed by atoms with E-state index >= 15 is 0 Å². The predicted molar refractivity (Wildman–Crippen MR) is 60.9 cm³/mol. The Morgan fingerprint density at radius 2 is 2.21 bits per heavy atom. The number of likely N-dealkylation sites (tertiary alicyclic amines) is 1. The molecule has 1 aromatic heterocycles. The predicted octanol–water partition coefficient (Wildman–Crippen LogP) is 2.12. The maximum absolute atomic E-state index is 4.01. The first-order valence-corrected chi connectivity index (χ1v) is 6.93. The lowest BCUT2D eigenvalue weighted by Gasteiger charge is -2.25. The zero-order valence-electron chi connectivity index (χ0n) is 8.19. The van der Waals surface area contributed by atoms with Crippen LogP contribution in [0.4, 0.5) is 0 Å². The molecule has 0 N–H and O–H groups in total. The van der Waals surface area contributed by atoms with Crippen molar-refractivity contribution in [3.63, 3.8) is 0 Å². The summed E-state index contributed by atoms with van der Waals surface area (Å²) >= 11 is 3.46. The summed E-state index contributed by atoms with van der Waals surface area (Å²) in [5.41, 5.74) is 1.79. The second-order valence-electron chi connectivity index (χ2n) is 3.46. The number of piperidine rings is 1. The maximum atomic E-state index is 4.01. The highest BCUT2D eigenvalue weighted by Crippen LogP contribution is 2.19. The van der Waals surface area contributed by atoms with Gasteiger partial charge in [-0.05, 0) is 25.9 Å². The van der Waals surface area contributed by atoms with Crippen molar-refractivity contribution in [1.82, 2.24) is 15.1 Å². The van der Waals surface area contributed by atoms with E-state index in [2.05, 4.69) is 15.1 Å². The highest BCUT2D eigenvalue weighted by Gasteiger charge is 2.09. The van der Waals surface area contributed by atoms with Crippen molar-refractivity contribution in [3.05, 3.63) is 5.51 Å². The molecule has 0 unspecified atom stereocenters. The smallest absolute Gasteiger partial charge is 0.174 e. The fraction of sp³-hybridized carbons (Fsp3) is 0.778. The first kappa shape index (κ1) is 10.4. The van der Waals surface area contributed by atoms with E-state index in [4.69, 9.17) is 0 Å². The highest BCUT2D eigenvalue weighted by atomic mass is 32.2. The molecule has 0 aromatic carbocycles. The number of hydrogen-bond donors (Lipinski definition) is 0. The Morgan fingerprint density at radius 3 is 2.93 bits per heavy atom. The third-order valence-corrected chi connectivity index (χ3v) is 4.26. The standard InChI is InChI=1S/C9H15N3S2/c1-2-4-12(5-3-1)6-7-13-9-11-10-8-14-9/h8H,1-7H2. The molecule has 2 rings (SSSR count). The number of aromatic nitrogens is 2. The molecule has 78 valence electrons. The van der Waals surface area contributed by atoms with E-state index in [1.807, 2.05) is 11.8 Å². The van der Waals surface area contributed by atoms with Gasteiger partial charge in [-0.25, -0.2) is 0 Å². The van der Waals surface area contributed by atoms with Gasteiger partial charge in [-0.2, -0.15) is 0 Å². The zero-order chi connectivity index (χ0) is 9.64. The van der Waals surface area contributed by atoms with Crippen molar-refractivity contribution in [1.29, 1.82) is 0 Å². The highest BCUT2D eigenvalue weighted by molar-refractivity contribution is 8.01. The van der Waals surface area contributed by atoms with E-state index in [9.17, 15) is 0 Å². The number of rotatable bonds is 4. The normalized spacial score (nSPS) is 18.6. The van der Waals surface area contributed by atoms with Crippen LogP contribution in [0, 0.1) is 0 Å². The summed E-state index contributed by atoms with van der Waals surface area (Å²) in [7, 11) is 0. The Hall–Kier alpha value is -0.130. The molecule has 1 saturated heterocycles. The molecule has 0 aliphatic carbocycles. The molecule has 14 heavy (non-hydrogen) atoms.